The standard InChI is InChI=1S/C14H27NO/c1-10-11(8-9-13(2,3)4)15-16-12(10)14(5,6)7/h10,12H,8-9H2,1-7H3. The third-order valence-corrected chi connectivity index (χ3v) is 3.25. The van der Waals surface area contributed by atoms with Crippen molar-refractivity contribution in [2.24, 2.45) is 21.9 Å². The highest BCUT2D eigenvalue weighted by Gasteiger charge is 2.38. The lowest BCUT2D eigenvalue weighted by molar-refractivity contribution is -0.0112. The van der Waals surface area contributed by atoms with Crippen LogP contribution in [0.5, 0.6) is 0 Å². The molecule has 0 aromatic rings. The van der Waals surface area contributed by atoms with Crippen LogP contribution >= 0.6 is 0 Å². The van der Waals surface area contributed by atoms with Crippen LogP contribution in [0.15, 0.2) is 5.16 Å². The van der Waals surface area contributed by atoms with Crippen LogP contribution < -0.4 is 0 Å². The van der Waals surface area contributed by atoms with Crippen LogP contribution in [0.2, 0.25) is 0 Å². The monoisotopic (exact) mass is 225 g/mol. The SMILES string of the molecule is CC1C(CCC(C)(C)C)=NOC1C(C)(C)C. The van der Waals surface area contributed by atoms with Crippen LogP contribution in [0.3, 0.4) is 0 Å². The van der Waals surface area contributed by atoms with E-state index < -0.39 is 0 Å². The first-order valence-corrected chi connectivity index (χ1v) is 6.34. The molecule has 0 N–H and O–H groups in total. The molecule has 0 saturated carbocycles. The van der Waals surface area contributed by atoms with Crippen molar-refractivity contribution in [3.05, 3.63) is 0 Å². The summed E-state index contributed by atoms with van der Waals surface area (Å²) < 4.78 is 0. The summed E-state index contributed by atoms with van der Waals surface area (Å²) in [5.41, 5.74) is 1.80. The summed E-state index contributed by atoms with van der Waals surface area (Å²) in [6.45, 7) is 15.7. The Labute approximate surface area is 100 Å². The summed E-state index contributed by atoms with van der Waals surface area (Å²) in [6, 6.07) is 0. The first-order chi connectivity index (χ1) is 7.11. The quantitative estimate of drug-likeness (QED) is 0.688. The van der Waals surface area contributed by atoms with Crippen molar-refractivity contribution in [3.8, 4) is 0 Å². The van der Waals surface area contributed by atoms with E-state index in [9.17, 15) is 0 Å². The largest absolute Gasteiger partial charge is 0.391 e. The van der Waals surface area contributed by atoms with Gasteiger partial charge >= 0.3 is 0 Å². The van der Waals surface area contributed by atoms with Crippen LogP contribution in [0.1, 0.15) is 61.3 Å². The molecular formula is C14H27NO. The normalized spacial score (nSPS) is 26.6. The number of hydrogen-bond acceptors (Lipinski definition) is 2. The molecule has 0 aliphatic carbocycles. The average molecular weight is 225 g/mol. The Hall–Kier alpha value is -0.530. The molecule has 94 valence electrons. The fourth-order valence-electron chi connectivity index (χ4n) is 2.16. The minimum Gasteiger partial charge on any atom is -0.391 e. The van der Waals surface area contributed by atoms with Gasteiger partial charge in [-0.3, -0.25) is 0 Å². The molecule has 1 rings (SSSR count). The van der Waals surface area contributed by atoms with Gasteiger partial charge in [0.05, 0.1) is 5.71 Å². The van der Waals surface area contributed by atoms with E-state index in [0.717, 1.165) is 6.42 Å². The molecule has 1 aliphatic rings. The first kappa shape index (κ1) is 13.5. The zero-order valence-electron chi connectivity index (χ0n) is 11.9. The van der Waals surface area contributed by atoms with Crippen molar-refractivity contribution in [3.63, 3.8) is 0 Å². The minimum absolute atomic E-state index is 0.173. The second-order valence-corrected chi connectivity index (χ2v) is 7.32. The van der Waals surface area contributed by atoms with E-state index in [2.05, 4.69) is 53.6 Å². The van der Waals surface area contributed by atoms with E-state index in [0.29, 0.717) is 11.3 Å². The van der Waals surface area contributed by atoms with E-state index in [4.69, 9.17) is 4.84 Å². The highest BCUT2D eigenvalue weighted by atomic mass is 16.6. The third kappa shape index (κ3) is 3.50. The summed E-state index contributed by atoms with van der Waals surface area (Å²) >= 11 is 0. The Balaban J connectivity index is 2.54. The van der Waals surface area contributed by atoms with Gasteiger partial charge in [-0.05, 0) is 18.3 Å². The smallest absolute Gasteiger partial charge is 0.140 e. The summed E-state index contributed by atoms with van der Waals surface area (Å²) in [4.78, 5) is 5.60. The zero-order valence-corrected chi connectivity index (χ0v) is 11.9. The summed E-state index contributed by atoms with van der Waals surface area (Å²) in [7, 11) is 0. The molecule has 2 nitrogen and oxygen atoms in total. The second kappa shape index (κ2) is 4.38. The lowest BCUT2D eigenvalue weighted by Crippen LogP contribution is -2.33. The van der Waals surface area contributed by atoms with Gasteiger partial charge in [0.2, 0.25) is 0 Å². The highest BCUT2D eigenvalue weighted by Crippen LogP contribution is 2.35. The van der Waals surface area contributed by atoms with Gasteiger partial charge in [-0.2, -0.15) is 0 Å². The molecule has 0 fully saturated rings. The minimum atomic E-state index is 0.173. The van der Waals surface area contributed by atoms with Crippen molar-refractivity contribution in [1.82, 2.24) is 0 Å². The first-order valence-electron chi connectivity index (χ1n) is 6.34. The predicted octanol–water partition coefficient (Wildman–Crippen LogP) is 4.25. The molecule has 1 aliphatic heterocycles. The maximum atomic E-state index is 5.60. The Morgan fingerprint density at radius 1 is 1.12 bits per heavy atom. The lowest BCUT2D eigenvalue weighted by Gasteiger charge is -2.28. The number of rotatable bonds is 2. The fraction of sp³-hybridized carbons (Fsp3) is 0.929. The van der Waals surface area contributed by atoms with Gasteiger partial charge in [-0.1, -0.05) is 53.6 Å². The second-order valence-electron chi connectivity index (χ2n) is 7.32. The fourth-order valence-corrected chi connectivity index (χ4v) is 2.16. The van der Waals surface area contributed by atoms with Crippen LogP contribution in [0.25, 0.3) is 0 Å². The van der Waals surface area contributed by atoms with E-state index in [1.165, 1.54) is 12.1 Å². The van der Waals surface area contributed by atoms with Crippen molar-refractivity contribution in [2.45, 2.75) is 67.4 Å². The van der Waals surface area contributed by atoms with E-state index in [1.54, 1.807) is 0 Å². The Morgan fingerprint density at radius 2 is 1.69 bits per heavy atom. The van der Waals surface area contributed by atoms with Crippen LogP contribution in [-0.4, -0.2) is 11.8 Å². The third-order valence-electron chi connectivity index (χ3n) is 3.25. The van der Waals surface area contributed by atoms with Gasteiger partial charge in [0.15, 0.2) is 0 Å². The molecule has 0 radical (unpaired) electrons. The molecule has 0 spiro atoms. The van der Waals surface area contributed by atoms with Crippen LogP contribution in [0, 0.1) is 16.7 Å². The molecule has 2 heteroatoms. The molecule has 0 aromatic carbocycles. The molecule has 2 unspecified atom stereocenters. The van der Waals surface area contributed by atoms with Gasteiger partial charge in [0.25, 0.3) is 0 Å². The van der Waals surface area contributed by atoms with Gasteiger partial charge < -0.3 is 4.84 Å². The summed E-state index contributed by atoms with van der Waals surface area (Å²) in [6.07, 6.45) is 2.48. The molecule has 0 saturated heterocycles. The Kier molecular flexibility index (Phi) is 3.71. The molecular weight excluding hydrogens is 198 g/mol. The Bertz CT molecular complexity index is 267. The number of nitrogens with zero attached hydrogens (tertiary/aromatic N) is 1. The maximum Gasteiger partial charge on any atom is 0.140 e. The molecule has 0 amide bonds. The average Bonchev–Trinajstić information content (AvgIpc) is 2.41. The van der Waals surface area contributed by atoms with E-state index in [-0.39, 0.29) is 11.5 Å². The van der Waals surface area contributed by atoms with E-state index >= 15 is 0 Å². The van der Waals surface area contributed by atoms with Crippen LogP contribution in [0.4, 0.5) is 0 Å². The highest BCUT2D eigenvalue weighted by molar-refractivity contribution is 5.87. The van der Waals surface area contributed by atoms with E-state index in [1.807, 2.05) is 0 Å². The van der Waals surface area contributed by atoms with Crippen molar-refractivity contribution >= 4 is 5.71 Å². The summed E-state index contributed by atoms with van der Waals surface area (Å²) in [5.74, 6) is 0.461. The van der Waals surface area contributed by atoms with Crippen molar-refractivity contribution in [2.75, 3.05) is 0 Å². The maximum absolute atomic E-state index is 5.60. The summed E-state index contributed by atoms with van der Waals surface area (Å²) in [5, 5.41) is 4.28. The number of oxime groups is 1. The van der Waals surface area contributed by atoms with Crippen molar-refractivity contribution in [1.29, 1.82) is 0 Å². The van der Waals surface area contributed by atoms with Gasteiger partial charge in [0.1, 0.15) is 6.10 Å². The van der Waals surface area contributed by atoms with Gasteiger partial charge in [-0.25, -0.2) is 0 Å². The molecule has 16 heavy (non-hydrogen) atoms. The molecule has 0 aromatic heterocycles. The van der Waals surface area contributed by atoms with Gasteiger partial charge in [-0.15, -0.1) is 0 Å². The van der Waals surface area contributed by atoms with Crippen LogP contribution in [-0.2, 0) is 4.84 Å². The Morgan fingerprint density at radius 3 is 2.06 bits per heavy atom. The van der Waals surface area contributed by atoms with Gasteiger partial charge in [0, 0.05) is 11.3 Å². The number of hydrogen-bond donors (Lipinski definition) is 0. The molecule has 1 heterocycles. The zero-order chi connectivity index (χ0) is 12.6. The predicted molar refractivity (Wildman–Crippen MR) is 69.6 cm³/mol. The molecule has 0 bridgehead atoms. The molecule has 2 atom stereocenters. The van der Waals surface area contributed by atoms with Crippen molar-refractivity contribution < 1.29 is 4.84 Å². The lowest BCUT2D eigenvalue weighted by atomic mass is 9.78. The topological polar surface area (TPSA) is 21.6 Å².